The third-order valence-electron chi connectivity index (χ3n) is 11.9. The summed E-state index contributed by atoms with van der Waals surface area (Å²) < 4.78 is 106. The van der Waals surface area contributed by atoms with Crippen LogP contribution in [0.25, 0.3) is 32.0 Å². The van der Waals surface area contributed by atoms with Gasteiger partial charge >= 0.3 is 17.8 Å². The second-order valence-electron chi connectivity index (χ2n) is 16.7. The van der Waals surface area contributed by atoms with E-state index in [1.54, 1.807) is 48.5 Å². The molecular formula is C51H66F6O2S2. The van der Waals surface area contributed by atoms with Gasteiger partial charge < -0.3 is 9.47 Å². The molecule has 0 bridgehead atoms. The number of alkyl halides is 6. The zero-order chi connectivity index (χ0) is 43.9. The van der Waals surface area contributed by atoms with Crippen molar-refractivity contribution in [2.24, 2.45) is 0 Å². The first-order valence-corrected chi connectivity index (χ1v) is 24.5. The SMILES string of the molecule is CCCCCCCCCCCCOc1ccc(-c2cc(C3=C(c4cc(-c5ccc(OCCCCCCCCCCCC)cc5)sc4C)C(F)(F)C(F)(F)C3(F)F)c(C)s2)cc1. The molecule has 0 amide bonds. The van der Waals surface area contributed by atoms with Gasteiger partial charge in [0.2, 0.25) is 0 Å². The van der Waals surface area contributed by atoms with Gasteiger partial charge in [-0.05, 0) is 110 Å². The van der Waals surface area contributed by atoms with Crippen LogP contribution in [0.4, 0.5) is 26.3 Å². The smallest absolute Gasteiger partial charge is 0.380 e. The lowest BCUT2D eigenvalue weighted by atomic mass is 9.94. The first kappa shape index (κ1) is 48.8. The topological polar surface area (TPSA) is 18.5 Å². The Morgan fingerprint density at radius 3 is 1.03 bits per heavy atom. The highest BCUT2D eigenvalue weighted by molar-refractivity contribution is 7.16. The summed E-state index contributed by atoms with van der Waals surface area (Å²) in [5.74, 6) is -14.6. The molecule has 0 N–H and O–H groups in total. The maximum atomic E-state index is 15.9. The van der Waals surface area contributed by atoms with Crippen molar-refractivity contribution < 1.29 is 35.8 Å². The Balaban J connectivity index is 1.23. The van der Waals surface area contributed by atoms with Crippen LogP contribution in [0.3, 0.4) is 0 Å². The van der Waals surface area contributed by atoms with E-state index in [-0.39, 0.29) is 20.9 Å². The lowest BCUT2D eigenvalue weighted by Crippen LogP contribution is -2.48. The number of thiophene rings is 2. The molecular weight excluding hydrogens is 823 g/mol. The molecule has 61 heavy (non-hydrogen) atoms. The molecule has 5 rings (SSSR count). The second kappa shape index (κ2) is 23.4. The van der Waals surface area contributed by atoms with Crippen molar-refractivity contribution >= 4 is 33.8 Å². The molecule has 0 radical (unpaired) electrons. The van der Waals surface area contributed by atoms with E-state index in [9.17, 15) is 0 Å². The molecule has 0 saturated carbocycles. The molecule has 2 aromatic heterocycles. The summed E-state index contributed by atoms with van der Waals surface area (Å²) in [6.45, 7) is 8.63. The van der Waals surface area contributed by atoms with E-state index in [2.05, 4.69) is 13.8 Å². The van der Waals surface area contributed by atoms with E-state index in [1.165, 1.54) is 129 Å². The minimum atomic E-state index is -5.63. The molecule has 1 aliphatic carbocycles. The summed E-state index contributed by atoms with van der Waals surface area (Å²) in [5.41, 5.74) is -1.93. The van der Waals surface area contributed by atoms with E-state index < -0.39 is 28.9 Å². The largest absolute Gasteiger partial charge is 0.494 e. The van der Waals surface area contributed by atoms with Gasteiger partial charge in [-0.15, -0.1) is 22.7 Å². The van der Waals surface area contributed by atoms with Crippen LogP contribution in [0.5, 0.6) is 11.5 Å². The van der Waals surface area contributed by atoms with Crippen molar-refractivity contribution in [3.63, 3.8) is 0 Å². The highest BCUT2D eigenvalue weighted by Crippen LogP contribution is 2.66. The molecule has 0 saturated heterocycles. The fourth-order valence-electron chi connectivity index (χ4n) is 8.17. The second-order valence-corrected chi connectivity index (χ2v) is 19.3. The van der Waals surface area contributed by atoms with Gasteiger partial charge in [-0.1, -0.05) is 129 Å². The van der Waals surface area contributed by atoms with Crippen LogP contribution in [0, 0.1) is 13.8 Å². The van der Waals surface area contributed by atoms with Crippen LogP contribution < -0.4 is 9.47 Å². The number of benzene rings is 2. The Kier molecular flexibility index (Phi) is 18.8. The molecule has 2 aromatic carbocycles. The third-order valence-corrected chi connectivity index (χ3v) is 14.1. The standard InChI is InChI=1S/C51H66F6O2S2/c1-5-7-9-11-13-15-17-19-21-23-33-58-41-29-25-39(26-30-41)45-35-43(37(3)60-45)47-48(50(54,55)51(56,57)49(47,52)53)44-36-46(61-38(44)4)40-27-31-42(32-28-40)59-34-24-22-20-18-16-14-12-10-8-6-2/h25-32,35-36H,5-24,33-34H2,1-4H3. The van der Waals surface area contributed by atoms with E-state index >= 15 is 26.3 Å². The summed E-state index contributed by atoms with van der Waals surface area (Å²) in [7, 11) is 0. The lowest BCUT2D eigenvalue weighted by Gasteiger charge is -2.25. The number of unbranched alkanes of at least 4 members (excludes halogenated alkanes) is 18. The Bertz CT molecular complexity index is 1810. The number of ether oxygens (including phenoxy) is 2. The van der Waals surface area contributed by atoms with E-state index in [4.69, 9.17) is 9.47 Å². The van der Waals surface area contributed by atoms with Crippen molar-refractivity contribution in [2.75, 3.05) is 13.2 Å². The molecule has 2 nitrogen and oxygen atoms in total. The monoisotopic (exact) mass is 888 g/mol. The van der Waals surface area contributed by atoms with Crippen LogP contribution in [0.2, 0.25) is 0 Å². The quantitative estimate of drug-likeness (QED) is 0.0418. The molecule has 336 valence electrons. The average molecular weight is 889 g/mol. The summed E-state index contributed by atoms with van der Waals surface area (Å²) in [6.07, 6.45) is 24.5. The van der Waals surface area contributed by atoms with Crippen LogP contribution in [-0.4, -0.2) is 31.0 Å². The zero-order valence-corrected chi connectivity index (χ0v) is 38.4. The van der Waals surface area contributed by atoms with Crippen LogP contribution in [0.1, 0.15) is 163 Å². The van der Waals surface area contributed by atoms with Crippen molar-refractivity contribution in [1.29, 1.82) is 0 Å². The molecule has 2 heterocycles. The molecule has 0 unspecified atom stereocenters. The van der Waals surface area contributed by atoms with Crippen LogP contribution in [-0.2, 0) is 0 Å². The average Bonchev–Trinajstić information content (AvgIpc) is 3.84. The number of hydrogen-bond acceptors (Lipinski definition) is 4. The van der Waals surface area contributed by atoms with Crippen molar-refractivity contribution in [1.82, 2.24) is 0 Å². The zero-order valence-electron chi connectivity index (χ0n) is 36.7. The van der Waals surface area contributed by atoms with Gasteiger partial charge in [0.25, 0.3) is 0 Å². The van der Waals surface area contributed by atoms with Crippen molar-refractivity contribution in [3.8, 4) is 32.4 Å². The molecule has 10 heteroatoms. The van der Waals surface area contributed by atoms with Crippen molar-refractivity contribution in [2.45, 2.75) is 174 Å². The minimum Gasteiger partial charge on any atom is -0.494 e. The van der Waals surface area contributed by atoms with Crippen LogP contribution >= 0.6 is 22.7 Å². The highest BCUT2D eigenvalue weighted by Gasteiger charge is 2.80. The first-order chi connectivity index (χ1) is 29.3. The molecule has 0 atom stereocenters. The Morgan fingerprint density at radius 2 is 0.721 bits per heavy atom. The molecule has 0 spiro atoms. The molecule has 0 aliphatic heterocycles. The molecule has 0 fully saturated rings. The summed E-state index contributed by atoms with van der Waals surface area (Å²) >= 11 is 2.22. The number of halogens is 6. The minimum absolute atomic E-state index is 0.249. The lowest BCUT2D eigenvalue weighted by molar-refractivity contribution is -0.254. The number of allylic oxidation sites excluding steroid dienone is 2. The van der Waals surface area contributed by atoms with E-state index in [1.807, 2.05) is 0 Å². The van der Waals surface area contributed by atoms with E-state index in [0.29, 0.717) is 45.6 Å². The maximum absolute atomic E-state index is 15.9. The predicted octanol–water partition coefficient (Wildman–Crippen LogP) is 18.2. The molecule has 4 aromatic rings. The van der Waals surface area contributed by atoms with Crippen molar-refractivity contribution in [3.05, 3.63) is 81.5 Å². The summed E-state index contributed by atoms with van der Waals surface area (Å²) in [5, 5.41) is 0. The van der Waals surface area contributed by atoms with Gasteiger partial charge in [0.05, 0.1) is 13.2 Å². The number of aryl methyl sites for hydroxylation is 2. The number of rotatable bonds is 28. The van der Waals surface area contributed by atoms with Gasteiger partial charge in [-0.25, -0.2) is 0 Å². The Morgan fingerprint density at radius 1 is 0.426 bits per heavy atom. The maximum Gasteiger partial charge on any atom is 0.380 e. The normalized spacial score (nSPS) is 15.5. The first-order valence-electron chi connectivity index (χ1n) is 22.9. The predicted molar refractivity (Wildman–Crippen MR) is 245 cm³/mol. The molecule has 1 aliphatic rings. The number of hydrogen-bond donors (Lipinski definition) is 0. The summed E-state index contributed by atoms with van der Waals surface area (Å²) in [6, 6.07) is 16.9. The summed E-state index contributed by atoms with van der Waals surface area (Å²) in [4.78, 5) is 1.51. The highest BCUT2D eigenvalue weighted by atomic mass is 32.1. The van der Waals surface area contributed by atoms with Gasteiger partial charge in [-0.2, -0.15) is 26.3 Å². The van der Waals surface area contributed by atoms with Gasteiger partial charge in [0.15, 0.2) is 0 Å². The van der Waals surface area contributed by atoms with Gasteiger partial charge in [0.1, 0.15) is 11.5 Å². The van der Waals surface area contributed by atoms with Gasteiger partial charge in [0, 0.05) is 30.7 Å². The Hall–Kier alpha value is -3.24. The Labute approximate surface area is 369 Å². The fraction of sp³-hybridized carbons (Fsp3) is 0.569. The van der Waals surface area contributed by atoms with Gasteiger partial charge in [-0.3, -0.25) is 0 Å². The third kappa shape index (κ3) is 12.5. The van der Waals surface area contributed by atoms with E-state index in [0.717, 1.165) is 48.4 Å². The van der Waals surface area contributed by atoms with Crippen LogP contribution in [0.15, 0.2) is 60.7 Å². The fourth-order valence-corrected chi connectivity index (χ4v) is 10.2.